The molecule has 5 atom stereocenters. The minimum Gasteiger partial charge on any atom is -0.326 e. The van der Waals surface area contributed by atoms with E-state index >= 15 is 0 Å². The van der Waals surface area contributed by atoms with Gasteiger partial charge in [-0.05, 0) is 67.6 Å². The highest BCUT2D eigenvalue weighted by Crippen LogP contribution is 2.67. The fourth-order valence-electron chi connectivity index (χ4n) is 4.41. The predicted molar refractivity (Wildman–Crippen MR) is 95.4 cm³/mol. The molecule has 6 heteroatoms. The first kappa shape index (κ1) is 16.3. The summed E-state index contributed by atoms with van der Waals surface area (Å²) in [6.07, 6.45) is 4.17. The summed E-state index contributed by atoms with van der Waals surface area (Å²) < 4.78 is -0.505. The van der Waals surface area contributed by atoms with E-state index in [4.69, 9.17) is 46.4 Å². The molecule has 0 aromatic heterocycles. The third-order valence-corrected chi connectivity index (χ3v) is 7.67. The van der Waals surface area contributed by atoms with Gasteiger partial charge in [0.25, 0.3) is 0 Å². The molecule has 0 heterocycles. The number of nitrogens with one attached hydrogen (secondary N) is 1. The summed E-state index contributed by atoms with van der Waals surface area (Å²) in [6, 6.07) is 5.17. The predicted octanol–water partition coefficient (Wildman–Crippen LogP) is 5.79. The number of rotatable bonds is 2. The van der Waals surface area contributed by atoms with E-state index in [2.05, 4.69) is 5.32 Å². The number of benzene rings is 1. The highest BCUT2D eigenvalue weighted by Gasteiger charge is 2.65. The molecule has 0 spiro atoms. The van der Waals surface area contributed by atoms with Gasteiger partial charge in [-0.1, -0.05) is 23.2 Å². The lowest BCUT2D eigenvalue weighted by Gasteiger charge is -2.06. The molecule has 1 N–H and O–H groups in total. The molecule has 0 radical (unpaired) electrons. The van der Waals surface area contributed by atoms with Crippen LogP contribution in [-0.2, 0) is 4.79 Å². The van der Waals surface area contributed by atoms with Crippen molar-refractivity contribution in [3.63, 3.8) is 0 Å². The van der Waals surface area contributed by atoms with Crippen molar-refractivity contribution in [3.8, 4) is 0 Å². The number of carbonyl (C=O) groups excluding carboxylic acids is 1. The molecule has 1 amide bonds. The van der Waals surface area contributed by atoms with Gasteiger partial charge < -0.3 is 5.32 Å². The lowest BCUT2D eigenvalue weighted by Crippen LogP contribution is -2.15. The Morgan fingerprint density at radius 3 is 2.17 bits per heavy atom. The monoisotopic (exact) mass is 391 g/mol. The van der Waals surface area contributed by atoms with E-state index in [0.717, 1.165) is 25.7 Å². The molecule has 3 aliphatic rings. The molecular formula is C17H17Cl4NO. The molecule has 1 aromatic carbocycles. The first-order chi connectivity index (χ1) is 10.9. The molecule has 1 unspecified atom stereocenters. The van der Waals surface area contributed by atoms with E-state index in [9.17, 15) is 4.79 Å². The second-order valence-electron chi connectivity index (χ2n) is 7.01. The number of hydrogen-bond acceptors (Lipinski definition) is 1. The van der Waals surface area contributed by atoms with Gasteiger partial charge in [0.15, 0.2) is 0 Å². The normalized spacial score (nSPS) is 37.0. The summed E-state index contributed by atoms with van der Waals surface area (Å²) in [6.45, 7) is 0. The maximum atomic E-state index is 12.5. The topological polar surface area (TPSA) is 29.1 Å². The zero-order valence-corrected chi connectivity index (χ0v) is 15.4. The van der Waals surface area contributed by atoms with Crippen LogP contribution in [0.25, 0.3) is 0 Å². The molecule has 3 fully saturated rings. The Labute approximate surface area is 155 Å². The van der Waals surface area contributed by atoms with Gasteiger partial charge in [-0.2, -0.15) is 0 Å². The lowest BCUT2D eigenvalue weighted by molar-refractivity contribution is -0.117. The molecule has 3 aliphatic carbocycles. The number of alkyl halides is 2. The minimum atomic E-state index is -0.505. The van der Waals surface area contributed by atoms with Gasteiger partial charge in [-0.3, -0.25) is 4.79 Å². The van der Waals surface area contributed by atoms with E-state index in [0.29, 0.717) is 39.4 Å². The van der Waals surface area contributed by atoms with E-state index in [1.807, 2.05) is 0 Å². The van der Waals surface area contributed by atoms with Crippen molar-refractivity contribution in [1.29, 1.82) is 0 Å². The van der Waals surface area contributed by atoms with Crippen molar-refractivity contribution in [3.05, 3.63) is 28.2 Å². The zero-order valence-electron chi connectivity index (χ0n) is 12.4. The second kappa shape index (κ2) is 5.69. The van der Waals surface area contributed by atoms with Gasteiger partial charge in [0.1, 0.15) is 4.33 Å². The summed E-state index contributed by atoms with van der Waals surface area (Å²) in [5.74, 6) is 2.00. The van der Waals surface area contributed by atoms with Crippen molar-refractivity contribution < 1.29 is 4.79 Å². The number of amides is 1. The number of halogens is 4. The smallest absolute Gasteiger partial charge is 0.228 e. The molecule has 23 heavy (non-hydrogen) atoms. The average Bonchev–Trinajstić information content (AvgIpc) is 3.27. The van der Waals surface area contributed by atoms with Crippen LogP contribution >= 0.6 is 46.4 Å². The van der Waals surface area contributed by atoms with E-state index in [1.165, 1.54) is 0 Å². The van der Waals surface area contributed by atoms with E-state index in [1.54, 1.807) is 18.2 Å². The Morgan fingerprint density at radius 2 is 1.61 bits per heavy atom. The first-order valence-electron chi connectivity index (χ1n) is 8.03. The molecule has 124 valence electrons. The number of anilines is 1. The molecule has 0 bridgehead atoms. The molecule has 4 rings (SSSR count). The highest BCUT2D eigenvalue weighted by atomic mass is 35.5. The Kier molecular flexibility index (Phi) is 4.04. The molecular weight excluding hydrogens is 376 g/mol. The lowest BCUT2D eigenvalue weighted by atomic mass is 10.0. The highest BCUT2D eigenvalue weighted by molar-refractivity contribution is 6.51. The largest absolute Gasteiger partial charge is 0.326 e. The minimum absolute atomic E-state index is 0.0944. The van der Waals surface area contributed by atoms with Crippen LogP contribution in [0.4, 0.5) is 5.69 Å². The van der Waals surface area contributed by atoms with Crippen LogP contribution in [-0.4, -0.2) is 10.2 Å². The molecule has 3 saturated carbocycles. The third kappa shape index (κ3) is 2.86. The SMILES string of the molecule is O=C(Nc1ccc(Cl)c(Cl)c1)C1[C@H]2CC[C@H]3[C@@H](CC[C@@H]12)C3(Cl)Cl. The first-order valence-corrected chi connectivity index (χ1v) is 9.54. The van der Waals surface area contributed by atoms with Crippen LogP contribution in [0.5, 0.6) is 0 Å². The van der Waals surface area contributed by atoms with Crippen molar-refractivity contribution in [2.75, 3.05) is 5.32 Å². The van der Waals surface area contributed by atoms with Crippen molar-refractivity contribution in [1.82, 2.24) is 0 Å². The molecule has 0 aliphatic heterocycles. The standard InChI is InChI=1S/C17H17Cl4NO/c18-13-6-1-8(7-14(13)19)22-16(23)15-9-2-4-11-12(17(11,20)21)5-3-10(9)15/h1,6-7,9-12,15H,2-5H2,(H,22,23)/t9-,10+,11-,12+,15?. The summed E-state index contributed by atoms with van der Waals surface area (Å²) in [7, 11) is 0. The second-order valence-corrected chi connectivity index (χ2v) is 9.27. The number of fused-ring (bicyclic) bond motifs is 2. The van der Waals surface area contributed by atoms with Gasteiger partial charge in [0, 0.05) is 11.6 Å². The van der Waals surface area contributed by atoms with E-state index in [-0.39, 0.29) is 11.8 Å². The van der Waals surface area contributed by atoms with Crippen molar-refractivity contribution >= 4 is 58.0 Å². The van der Waals surface area contributed by atoms with Crippen LogP contribution in [0, 0.1) is 29.6 Å². The fourth-order valence-corrected chi connectivity index (χ4v) is 5.63. The fraction of sp³-hybridized carbons (Fsp3) is 0.588. The summed E-state index contributed by atoms with van der Waals surface area (Å²) >= 11 is 24.5. The third-order valence-electron chi connectivity index (χ3n) is 5.81. The molecule has 0 saturated heterocycles. The van der Waals surface area contributed by atoms with Gasteiger partial charge >= 0.3 is 0 Å². The van der Waals surface area contributed by atoms with Gasteiger partial charge in [-0.15, -0.1) is 23.2 Å². The van der Waals surface area contributed by atoms with Crippen LogP contribution in [0.3, 0.4) is 0 Å². The number of carbonyl (C=O) groups is 1. The van der Waals surface area contributed by atoms with Crippen molar-refractivity contribution in [2.45, 2.75) is 30.0 Å². The van der Waals surface area contributed by atoms with Crippen LogP contribution < -0.4 is 5.32 Å². The summed E-state index contributed by atoms with van der Waals surface area (Å²) in [4.78, 5) is 12.5. The van der Waals surface area contributed by atoms with Gasteiger partial charge in [-0.25, -0.2) is 0 Å². The maximum absolute atomic E-state index is 12.5. The maximum Gasteiger partial charge on any atom is 0.228 e. The Hall–Kier alpha value is -0.150. The molecule has 1 aromatic rings. The Morgan fingerprint density at radius 1 is 1.00 bits per heavy atom. The zero-order chi connectivity index (χ0) is 16.4. The van der Waals surface area contributed by atoms with E-state index < -0.39 is 4.33 Å². The Balaban J connectivity index is 1.38. The van der Waals surface area contributed by atoms with Crippen LogP contribution in [0.1, 0.15) is 25.7 Å². The number of hydrogen-bond donors (Lipinski definition) is 1. The van der Waals surface area contributed by atoms with Gasteiger partial charge in [0.05, 0.1) is 10.0 Å². The summed E-state index contributed by atoms with van der Waals surface area (Å²) in [5.41, 5.74) is 0.701. The van der Waals surface area contributed by atoms with Crippen LogP contribution in [0.2, 0.25) is 10.0 Å². The van der Waals surface area contributed by atoms with Gasteiger partial charge in [0.2, 0.25) is 5.91 Å². The average molecular weight is 393 g/mol. The van der Waals surface area contributed by atoms with Crippen LogP contribution in [0.15, 0.2) is 18.2 Å². The van der Waals surface area contributed by atoms with Crippen molar-refractivity contribution in [2.24, 2.45) is 29.6 Å². The summed E-state index contributed by atoms with van der Waals surface area (Å²) in [5, 5.41) is 3.91. The quantitative estimate of drug-likeness (QED) is 0.634. The Bertz CT molecular complexity index is 640. The molecule has 2 nitrogen and oxygen atoms in total.